The lowest BCUT2D eigenvalue weighted by Gasteiger charge is -2.24. The Labute approximate surface area is 261 Å². The van der Waals surface area contributed by atoms with Gasteiger partial charge in [0.05, 0.1) is 36.5 Å². The number of hydrogen-bond donors (Lipinski definition) is 1. The van der Waals surface area contributed by atoms with Crippen molar-refractivity contribution >= 4 is 41.0 Å². The molecule has 8 nitrogen and oxygen atoms in total. The Morgan fingerprint density at radius 1 is 1.07 bits per heavy atom. The van der Waals surface area contributed by atoms with Crippen LogP contribution in [0.15, 0.2) is 60.7 Å². The molecule has 1 aromatic heterocycles. The third-order valence-electron chi connectivity index (χ3n) is 7.27. The molecule has 1 aliphatic rings. The van der Waals surface area contributed by atoms with E-state index in [1.807, 2.05) is 82.3 Å². The summed E-state index contributed by atoms with van der Waals surface area (Å²) in [6.45, 7) is 7.65. The second-order valence-corrected chi connectivity index (χ2v) is 12.2. The number of benzene rings is 3. The largest absolute Gasteiger partial charge is 0.496 e. The Hall–Kier alpha value is -3.95. The van der Waals surface area contributed by atoms with Crippen LogP contribution in [0.5, 0.6) is 11.5 Å². The number of fused-ring (bicyclic) bond motifs is 1. The minimum atomic E-state index is -0.394. The molecule has 43 heavy (non-hydrogen) atoms. The van der Waals surface area contributed by atoms with Crippen molar-refractivity contribution in [2.45, 2.75) is 39.0 Å². The standard InChI is InChI=1S/C33H35ClN4O4S/c1-19(2)35-27(39)17-37-28(40)18-43-32(22-10-7-8-11-23(22)34)30-31(29-25(41-5)12-9-13-26(29)42-6)36-38(33(30)37)24-15-14-20(3)16-21(24)4/h7-16,19,32H,17-18H2,1-6H3,(H,35,39)/t32-/m1/s1. The average molecular weight is 619 g/mol. The van der Waals surface area contributed by atoms with E-state index in [0.29, 0.717) is 33.6 Å². The van der Waals surface area contributed by atoms with Crippen LogP contribution in [0.1, 0.15) is 41.4 Å². The number of nitrogens with one attached hydrogen (secondary N) is 1. The number of methoxy groups -OCH3 is 2. The fraction of sp³-hybridized carbons (Fsp3) is 0.303. The van der Waals surface area contributed by atoms with E-state index in [-0.39, 0.29) is 30.2 Å². The highest BCUT2D eigenvalue weighted by Crippen LogP contribution is 2.52. The Kier molecular flexibility index (Phi) is 9.03. The van der Waals surface area contributed by atoms with Crippen LogP contribution in [-0.2, 0) is 9.59 Å². The van der Waals surface area contributed by atoms with Gasteiger partial charge >= 0.3 is 0 Å². The second kappa shape index (κ2) is 12.7. The Morgan fingerprint density at radius 2 is 1.77 bits per heavy atom. The van der Waals surface area contributed by atoms with Crippen LogP contribution in [0.25, 0.3) is 16.9 Å². The van der Waals surface area contributed by atoms with Crippen LogP contribution in [-0.4, -0.2) is 54.2 Å². The van der Waals surface area contributed by atoms with Gasteiger partial charge in [0.2, 0.25) is 11.8 Å². The molecule has 224 valence electrons. The van der Waals surface area contributed by atoms with Gasteiger partial charge in [0.15, 0.2) is 0 Å². The molecule has 0 saturated carbocycles. The summed E-state index contributed by atoms with van der Waals surface area (Å²) in [6, 6.07) is 19.2. The molecule has 2 amide bonds. The summed E-state index contributed by atoms with van der Waals surface area (Å²) >= 11 is 8.28. The normalized spacial score (nSPS) is 14.8. The van der Waals surface area contributed by atoms with Gasteiger partial charge in [-0.15, -0.1) is 11.8 Å². The third-order valence-corrected chi connectivity index (χ3v) is 8.85. The average Bonchev–Trinajstić information content (AvgIpc) is 3.28. The smallest absolute Gasteiger partial charge is 0.240 e. The molecule has 2 heterocycles. The Balaban J connectivity index is 1.92. The first-order valence-electron chi connectivity index (χ1n) is 14.0. The van der Waals surface area contributed by atoms with E-state index in [0.717, 1.165) is 27.9 Å². The summed E-state index contributed by atoms with van der Waals surface area (Å²) in [6.07, 6.45) is 0. The van der Waals surface area contributed by atoms with Crippen molar-refractivity contribution in [2.24, 2.45) is 0 Å². The van der Waals surface area contributed by atoms with Crippen LogP contribution in [0, 0.1) is 13.8 Å². The van der Waals surface area contributed by atoms with Crippen molar-refractivity contribution in [1.29, 1.82) is 0 Å². The zero-order chi connectivity index (χ0) is 30.8. The van der Waals surface area contributed by atoms with E-state index in [1.165, 1.54) is 11.8 Å². The van der Waals surface area contributed by atoms with Crippen molar-refractivity contribution in [2.75, 3.05) is 31.4 Å². The maximum atomic E-state index is 14.0. The summed E-state index contributed by atoms with van der Waals surface area (Å²) in [4.78, 5) is 28.8. The number of carbonyl (C=O) groups excluding carboxylic acids is 2. The quantitative estimate of drug-likeness (QED) is 0.242. The van der Waals surface area contributed by atoms with Gasteiger partial charge in [-0.1, -0.05) is 53.6 Å². The van der Waals surface area contributed by atoms with Crippen LogP contribution in [0.4, 0.5) is 5.82 Å². The maximum absolute atomic E-state index is 14.0. The highest BCUT2D eigenvalue weighted by molar-refractivity contribution is 8.00. The summed E-state index contributed by atoms with van der Waals surface area (Å²) in [7, 11) is 3.20. The van der Waals surface area contributed by atoms with Crippen LogP contribution >= 0.6 is 23.4 Å². The number of aromatic nitrogens is 2. The van der Waals surface area contributed by atoms with E-state index in [9.17, 15) is 9.59 Å². The van der Waals surface area contributed by atoms with Gasteiger partial charge in [-0.25, -0.2) is 4.68 Å². The lowest BCUT2D eigenvalue weighted by Crippen LogP contribution is -2.44. The van der Waals surface area contributed by atoms with E-state index < -0.39 is 5.25 Å². The third kappa shape index (κ3) is 5.96. The molecular formula is C33H35ClN4O4S. The van der Waals surface area contributed by atoms with Gasteiger partial charge in [0, 0.05) is 16.6 Å². The monoisotopic (exact) mass is 618 g/mol. The number of thioether (sulfide) groups is 1. The Morgan fingerprint density at radius 3 is 2.40 bits per heavy atom. The SMILES string of the molecule is COc1cccc(OC)c1-c1nn(-c2ccc(C)cc2C)c2c1[C@@H](c1ccccc1Cl)SCC(=O)N2CC(=O)NC(C)C. The summed E-state index contributed by atoms with van der Waals surface area (Å²) in [5.41, 5.74) is 5.65. The second-order valence-electron chi connectivity index (χ2n) is 10.7. The predicted molar refractivity (Wildman–Crippen MR) is 173 cm³/mol. The molecule has 1 atom stereocenters. The molecule has 10 heteroatoms. The number of rotatable bonds is 8. The lowest BCUT2D eigenvalue weighted by atomic mass is 9.98. The van der Waals surface area contributed by atoms with Gasteiger partial charge in [0.25, 0.3) is 0 Å². The van der Waals surface area contributed by atoms with Gasteiger partial charge in [-0.05, 0) is 63.1 Å². The summed E-state index contributed by atoms with van der Waals surface area (Å²) in [5.74, 6) is 1.30. The summed E-state index contributed by atoms with van der Waals surface area (Å²) < 4.78 is 13.4. The molecule has 0 spiro atoms. The number of nitrogens with zero attached hydrogens (tertiary/aromatic N) is 3. The minimum absolute atomic E-state index is 0.0862. The van der Waals surface area contributed by atoms with Crippen molar-refractivity contribution in [3.8, 4) is 28.4 Å². The highest BCUT2D eigenvalue weighted by Gasteiger charge is 2.39. The first kappa shape index (κ1) is 30.5. The number of aryl methyl sites for hydroxylation is 2. The van der Waals surface area contributed by atoms with Crippen molar-refractivity contribution in [3.05, 3.63) is 87.9 Å². The van der Waals surface area contributed by atoms with Crippen molar-refractivity contribution in [1.82, 2.24) is 15.1 Å². The zero-order valence-electron chi connectivity index (χ0n) is 25.1. The van der Waals surface area contributed by atoms with Gasteiger partial charge < -0.3 is 14.8 Å². The molecule has 0 radical (unpaired) electrons. The molecule has 0 saturated heterocycles. The number of anilines is 1. The molecule has 5 rings (SSSR count). The first-order valence-corrected chi connectivity index (χ1v) is 15.4. The molecule has 1 aliphatic heterocycles. The summed E-state index contributed by atoms with van der Waals surface area (Å²) in [5, 5.41) is 8.33. The number of ether oxygens (including phenoxy) is 2. The maximum Gasteiger partial charge on any atom is 0.240 e. The fourth-order valence-electron chi connectivity index (χ4n) is 5.44. The van der Waals surface area contributed by atoms with Crippen molar-refractivity contribution in [3.63, 3.8) is 0 Å². The zero-order valence-corrected chi connectivity index (χ0v) is 26.7. The highest BCUT2D eigenvalue weighted by atomic mass is 35.5. The van der Waals surface area contributed by atoms with E-state index in [4.69, 9.17) is 26.2 Å². The van der Waals surface area contributed by atoms with Crippen LogP contribution in [0.2, 0.25) is 5.02 Å². The molecule has 0 bridgehead atoms. The minimum Gasteiger partial charge on any atom is -0.496 e. The Bertz CT molecular complexity index is 1660. The van der Waals surface area contributed by atoms with Crippen LogP contribution < -0.4 is 19.7 Å². The number of amides is 2. The van der Waals surface area contributed by atoms with Gasteiger partial charge in [-0.3, -0.25) is 14.5 Å². The topological polar surface area (TPSA) is 85.7 Å². The number of halogens is 1. The first-order chi connectivity index (χ1) is 20.6. The predicted octanol–water partition coefficient (Wildman–Crippen LogP) is 6.52. The number of carbonyl (C=O) groups is 2. The lowest BCUT2D eigenvalue weighted by molar-refractivity contribution is -0.123. The van der Waals surface area contributed by atoms with E-state index in [2.05, 4.69) is 11.4 Å². The van der Waals surface area contributed by atoms with E-state index >= 15 is 0 Å². The molecule has 0 unspecified atom stereocenters. The van der Waals surface area contributed by atoms with Gasteiger partial charge in [-0.2, -0.15) is 5.10 Å². The van der Waals surface area contributed by atoms with Crippen molar-refractivity contribution < 1.29 is 19.1 Å². The van der Waals surface area contributed by atoms with E-state index in [1.54, 1.807) is 23.8 Å². The van der Waals surface area contributed by atoms with Crippen LogP contribution in [0.3, 0.4) is 0 Å². The fourth-order valence-corrected chi connectivity index (χ4v) is 6.99. The van der Waals surface area contributed by atoms with Gasteiger partial charge in [0.1, 0.15) is 29.6 Å². The molecule has 4 aromatic rings. The molecule has 0 fully saturated rings. The number of hydrogen-bond acceptors (Lipinski definition) is 6. The molecule has 3 aromatic carbocycles. The molecule has 0 aliphatic carbocycles. The molecule has 1 N–H and O–H groups in total. The molecular weight excluding hydrogens is 584 g/mol.